The van der Waals surface area contributed by atoms with E-state index in [0.717, 1.165) is 9.13 Å². The number of hydrogen-bond acceptors (Lipinski definition) is 1. The lowest BCUT2D eigenvalue weighted by Gasteiger charge is -2.11. The monoisotopic (exact) mass is 325 g/mol. The van der Waals surface area contributed by atoms with Gasteiger partial charge in [-0.2, -0.15) is 8.78 Å². The number of alkyl halides is 2. The van der Waals surface area contributed by atoms with E-state index in [0.29, 0.717) is 12.6 Å². The molecule has 1 aromatic carbocycles. The van der Waals surface area contributed by atoms with Crippen molar-refractivity contribution in [2.75, 3.05) is 5.32 Å². The predicted molar refractivity (Wildman–Crippen MR) is 63.1 cm³/mol. The van der Waals surface area contributed by atoms with E-state index in [9.17, 15) is 13.6 Å². The van der Waals surface area contributed by atoms with E-state index in [-0.39, 0.29) is 0 Å². The molecule has 1 N–H and O–H groups in total. The second-order valence-electron chi connectivity index (χ2n) is 3.31. The van der Waals surface area contributed by atoms with Crippen LogP contribution < -0.4 is 5.32 Å². The van der Waals surface area contributed by atoms with Gasteiger partial charge in [-0.15, -0.1) is 0 Å². The van der Waals surface area contributed by atoms with Crippen LogP contribution >= 0.6 is 22.6 Å². The number of rotatable bonds is 2. The van der Waals surface area contributed by atoms with Crippen molar-refractivity contribution >= 4 is 34.2 Å². The van der Waals surface area contributed by atoms with E-state index in [1.54, 1.807) is 18.2 Å². The van der Waals surface area contributed by atoms with Gasteiger partial charge in [0.25, 0.3) is 5.91 Å². The predicted octanol–water partition coefficient (Wildman–Crippen LogP) is 3.19. The van der Waals surface area contributed by atoms with E-state index in [4.69, 9.17) is 0 Å². The summed E-state index contributed by atoms with van der Waals surface area (Å²) in [6, 6.07) is 5.02. The first kappa shape index (κ1) is 12.4. The number of benzene rings is 1. The highest BCUT2D eigenvalue weighted by Gasteiger charge is 2.32. The summed E-state index contributed by atoms with van der Waals surface area (Å²) in [5.41, 5.74) is 1.42. The highest BCUT2D eigenvalue weighted by atomic mass is 127. The summed E-state index contributed by atoms with van der Waals surface area (Å²) in [6.07, 6.45) is 0. The molecule has 1 amide bonds. The Balaban J connectivity index is 2.83. The van der Waals surface area contributed by atoms with Crippen LogP contribution in [0.25, 0.3) is 0 Å². The molecule has 0 saturated heterocycles. The SMILES string of the molecule is Cc1ccc(NC(=O)C(C)(F)F)cc1I. The van der Waals surface area contributed by atoms with Crippen molar-refractivity contribution in [2.24, 2.45) is 0 Å². The number of anilines is 1. The molecule has 82 valence electrons. The van der Waals surface area contributed by atoms with Gasteiger partial charge in [0.05, 0.1) is 0 Å². The molecule has 0 aliphatic carbocycles. The third kappa shape index (κ3) is 3.40. The summed E-state index contributed by atoms with van der Waals surface area (Å²) < 4.78 is 26.1. The molecule has 0 heterocycles. The quantitative estimate of drug-likeness (QED) is 0.832. The van der Waals surface area contributed by atoms with Gasteiger partial charge in [0.2, 0.25) is 0 Å². The molecule has 0 bridgehead atoms. The molecule has 0 aliphatic heterocycles. The molecule has 1 rings (SSSR count). The summed E-state index contributed by atoms with van der Waals surface area (Å²) in [6.45, 7) is 2.48. The molecule has 0 spiro atoms. The number of nitrogens with one attached hydrogen (secondary N) is 1. The third-order valence-electron chi connectivity index (χ3n) is 1.83. The molecule has 15 heavy (non-hydrogen) atoms. The zero-order valence-electron chi connectivity index (χ0n) is 8.27. The normalized spacial score (nSPS) is 11.3. The van der Waals surface area contributed by atoms with Crippen molar-refractivity contribution in [3.63, 3.8) is 0 Å². The Hall–Kier alpha value is -0.720. The second-order valence-corrected chi connectivity index (χ2v) is 4.47. The summed E-state index contributed by atoms with van der Waals surface area (Å²) >= 11 is 2.08. The first-order valence-electron chi connectivity index (χ1n) is 4.26. The number of aryl methyl sites for hydroxylation is 1. The Morgan fingerprint density at radius 2 is 2.07 bits per heavy atom. The zero-order valence-corrected chi connectivity index (χ0v) is 10.4. The third-order valence-corrected chi connectivity index (χ3v) is 2.99. The van der Waals surface area contributed by atoms with E-state index < -0.39 is 11.8 Å². The Morgan fingerprint density at radius 3 is 2.53 bits per heavy atom. The van der Waals surface area contributed by atoms with Crippen molar-refractivity contribution in [1.29, 1.82) is 0 Å². The molecule has 0 atom stereocenters. The molecule has 0 radical (unpaired) electrons. The topological polar surface area (TPSA) is 29.1 Å². The Bertz CT molecular complexity index is 387. The van der Waals surface area contributed by atoms with Crippen LogP contribution in [0, 0.1) is 10.5 Å². The van der Waals surface area contributed by atoms with Gasteiger partial charge in [-0.25, -0.2) is 0 Å². The van der Waals surface area contributed by atoms with Crippen LogP contribution in [-0.2, 0) is 4.79 Å². The largest absolute Gasteiger partial charge is 0.322 e. The molecule has 2 nitrogen and oxygen atoms in total. The number of carbonyl (C=O) groups is 1. The van der Waals surface area contributed by atoms with Crippen LogP contribution in [0.2, 0.25) is 0 Å². The van der Waals surface area contributed by atoms with Crippen LogP contribution in [0.15, 0.2) is 18.2 Å². The minimum absolute atomic E-state index is 0.386. The van der Waals surface area contributed by atoms with Gasteiger partial charge in [0.15, 0.2) is 0 Å². The Labute approximate surface area is 100 Å². The molecule has 0 unspecified atom stereocenters. The molecule has 0 fully saturated rings. The maximum atomic E-state index is 12.6. The highest BCUT2D eigenvalue weighted by molar-refractivity contribution is 14.1. The standard InChI is InChI=1S/C10H10F2INO/c1-6-3-4-7(5-8(6)13)14-9(15)10(2,11)12/h3-5H,1-2H3,(H,14,15). The van der Waals surface area contributed by atoms with Crippen LogP contribution in [0.4, 0.5) is 14.5 Å². The van der Waals surface area contributed by atoms with Crippen LogP contribution in [0.1, 0.15) is 12.5 Å². The van der Waals surface area contributed by atoms with E-state index in [1.807, 2.05) is 6.92 Å². The minimum Gasteiger partial charge on any atom is -0.321 e. The first-order chi connectivity index (χ1) is 6.80. The average Bonchev–Trinajstić information content (AvgIpc) is 2.10. The van der Waals surface area contributed by atoms with Crippen LogP contribution in [0.3, 0.4) is 0 Å². The molecular weight excluding hydrogens is 315 g/mol. The Kier molecular flexibility index (Phi) is 3.64. The van der Waals surface area contributed by atoms with Gasteiger partial charge in [0, 0.05) is 16.2 Å². The van der Waals surface area contributed by atoms with Crippen LogP contribution in [-0.4, -0.2) is 11.8 Å². The van der Waals surface area contributed by atoms with E-state index in [1.165, 1.54) is 0 Å². The zero-order chi connectivity index (χ0) is 11.6. The summed E-state index contributed by atoms with van der Waals surface area (Å²) in [4.78, 5) is 11.0. The van der Waals surface area contributed by atoms with Crippen molar-refractivity contribution in [1.82, 2.24) is 0 Å². The maximum absolute atomic E-state index is 12.6. The summed E-state index contributed by atoms with van der Waals surface area (Å²) in [7, 11) is 0. The summed E-state index contributed by atoms with van der Waals surface area (Å²) in [5.74, 6) is -4.64. The maximum Gasteiger partial charge on any atom is 0.322 e. The molecule has 0 aliphatic rings. The Morgan fingerprint density at radius 1 is 1.47 bits per heavy atom. The lowest BCUT2D eigenvalue weighted by atomic mass is 10.2. The lowest BCUT2D eigenvalue weighted by molar-refractivity contribution is -0.137. The average molecular weight is 325 g/mol. The van der Waals surface area contributed by atoms with Gasteiger partial charge in [-0.1, -0.05) is 6.07 Å². The van der Waals surface area contributed by atoms with Gasteiger partial charge in [0.1, 0.15) is 0 Å². The first-order valence-corrected chi connectivity index (χ1v) is 5.34. The van der Waals surface area contributed by atoms with Crippen molar-refractivity contribution in [3.05, 3.63) is 27.3 Å². The smallest absolute Gasteiger partial charge is 0.321 e. The van der Waals surface area contributed by atoms with Crippen molar-refractivity contribution < 1.29 is 13.6 Å². The van der Waals surface area contributed by atoms with E-state index >= 15 is 0 Å². The fraction of sp³-hybridized carbons (Fsp3) is 0.300. The van der Waals surface area contributed by atoms with Gasteiger partial charge in [-0.05, 0) is 47.2 Å². The second kappa shape index (κ2) is 4.42. The number of amides is 1. The molecular formula is C10H10F2INO. The molecule has 0 aromatic heterocycles. The molecule has 1 aromatic rings. The molecule has 0 saturated carbocycles. The van der Waals surface area contributed by atoms with Crippen molar-refractivity contribution in [2.45, 2.75) is 19.8 Å². The van der Waals surface area contributed by atoms with Gasteiger partial charge in [-0.3, -0.25) is 4.79 Å². The fourth-order valence-electron chi connectivity index (χ4n) is 0.911. The van der Waals surface area contributed by atoms with E-state index in [2.05, 4.69) is 27.9 Å². The number of hydrogen-bond donors (Lipinski definition) is 1. The summed E-state index contributed by atoms with van der Waals surface area (Å²) in [5, 5.41) is 2.16. The van der Waals surface area contributed by atoms with Crippen molar-refractivity contribution in [3.8, 4) is 0 Å². The number of carbonyl (C=O) groups excluding carboxylic acids is 1. The fourth-order valence-corrected chi connectivity index (χ4v) is 1.43. The van der Waals surface area contributed by atoms with Gasteiger partial charge >= 0.3 is 5.92 Å². The molecule has 5 heteroatoms. The van der Waals surface area contributed by atoms with Crippen LogP contribution in [0.5, 0.6) is 0 Å². The lowest BCUT2D eigenvalue weighted by Crippen LogP contribution is -2.31. The minimum atomic E-state index is -3.35. The number of halogens is 3. The highest BCUT2D eigenvalue weighted by Crippen LogP contribution is 2.19. The van der Waals surface area contributed by atoms with Gasteiger partial charge < -0.3 is 5.32 Å².